The van der Waals surface area contributed by atoms with E-state index >= 15 is 0 Å². The summed E-state index contributed by atoms with van der Waals surface area (Å²) in [6.45, 7) is 5.78. The fraction of sp³-hybridized carbons (Fsp3) is 0.200. The van der Waals surface area contributed by atoms with Gasteiger partial charge < -0.3 is 0 Å². The Labute approximate surface area is 165 Å². The number of fused-ring (bicyclic) bond motifs is 1. The third-order valence-electron chi connectivity index (χ3n) is 4.19. The van der Waals surface area contributed by atoms with Crippen molar-refractivity contribution in [2.75, 3.05) is 5.32 Å². The molecule has 0 atom stereocenters. The molecule has 1 N–H and O–H groups in total. The molecule has 0 spiro atoms. The smallest absolute Gasteiger partial charge is 0.279 e. The number of carbonyl (C=O) groups excluding carboxylic acids is 1. The first kappa shape index (κ1) is 18.2. The molecule has 0 bridgehead atoms. The summed E-state index contributed by atoms with van der Waals surface area (Å²) in [6.07, 6.45) is 0. The van der Waals surface area contributed by atoms with Crippen molar-refractivity contribution in [2.45, 2.75) is 26.2 Å². The second-order valence-corrected chi connectivity index (χ2v) is 8.37. The number of anilines is 1. The van der Waals surface area contributed by atoms with Crippen molar-refractivity contribution in [3.05, 3.63) is 65.7 Å². The molecule has 0 aliphatic heterocycles. The molecule has 0 fully saturated rings. The van der Waals surface area contributed by atoms with Crippen LogP contribution >= 0.6 is 11.3 Å². The number of carbonyl (C=O) groups is 1. The van der Waals surface area contributed by atoms with Crippen LogP contribution < -0.4 is 5.32 Å². The minimum absolute atomic E-state index is 0.148. The second kappa shape index (κ2) is 6.79. The molecule has 2 heterocycles. The predicted molar refractivity (Wildman–Crippen MR) is 108 cm³/mol. The van der Waals surface area contributed by atoms with E-state index in [2.05, 4.69) is 20.6 Å². The van der Waals surface area contributed by atoms with Gasteiger partial charge in [-0.05, 0) is 24.3 Å². The summed E-state index contributed by atoms with van der Waals surface area (Å²) in [5.41, 5.74) is 1.24. The van der Waals surface area contributed by atoms with Gasteiger partial charge in [0.15, 0.2) is 10.8 Å². The number of para-hydroxylation sites is 2. The van der Waals surface area contributed by atoms with Crippen molar-refractivity contribution in [2.24, 2.45) is 0 Å². The topological polar surface area (TPSA) is 72.7 Å². The number of hydrogen-bond acceptors (Lipinski definition) is 5. The Kier molecular flexibility index (Phi) is 4.43. The van der Waals surface area contributed by atoms with Crippen molar-refractivity contribution in [3.8, 4) is 5.69 Å². The van der Waals surface area contributed by atoms with E-state index in [0.717, 1.165) is 10.2 Å². The molecule has 1 amide bonds. The zero-order valence-electron chi connectivity index (χ0n) is 15.6. The maximum Gasteiger partial charge on any atom is 0.279 e. The highest BCUT2D eigenvalue weighted by molar-refractivity contribution is 7.22. The first-order chi connectivity index (χ1) is 13.3. The number of benzene rings is 2. The highest BCUT2D eigenvalue weighted by atomic mass is 32.1. The van der Waals surface area contributed by atoms with Crippen LogP contribution in [0.3, 0.4) is 0 Å². The average Bonchev–Trinajstić information content (AvgIpc) is 3.25. The van der Waals surface area contributed by atoms with E-state index in [9.17, 15) is 9.18 Å². The highest BCUT2D eigenvalue weighted by Gasteiger charge is 2.31. The minimum Gasteiger partial charge on any atom is -0.296 e. The lowest BCUT2D eigenvalue weighted by molar-refractivity contribution is 0.102. The Morgan fingerprint density at radius 1 is 1.11 bits per heavy atom. The Morgan fingerprint density at radius 2 is 1.82 bits per heavy atom. The van der Waals surface area contributed by atoms with E-state index in [4.69, 9.17) is 0 Å². The molecule has 142 valence electrons. The third kappa shape index (κ3) is 3.27. The lowest BCUT2D eigenvalue weighted by Gasteiger charge is -2.21. The van der Waals surface area contributed by atoms with Gasteiger partial charge in [0.05, 0.1) is 15.9 Å². The third-order valence-corrected chi connectivity index (χ3v) is 5.14. The minimum atomic E-state index is -0.494. The fourth-order valence-corrected chi connectivity index (χ4v) is 3.84. The molecule has 0 unspecified atom stereocenters. The number of rotatable bonds is 3. The van der Waals surface area contributed by atoms with E-state index in [1.165, 1.54) is 22.1 Å². The van der Waals surface area contributed by atoms with E-state index in [0.29, 0.717) is 10.8 Å². The molecule has 0 aliphatic carbocycles. The zero-order valence-corrected chi connectivity index (χ0v) is 16.4. The van der Waals surface area contributed by atoms with E-state index in [1.807, 2.05) is 45.0 Å². The van der Waals surface area contributed by atoms with Crippen LogP contribution in [0.2, 0.25) is 0 Å². The SMILES string of the molecule is CC(C)(C)c1c(C(=O)Nc2nc3ccccc3s2)nnn1-c1ccccc1F. The lowest BCUT2D eigenvalue weighted by atomic mass is 9.90. The summed E-state index contributed by atoms with van der Waals surface area (Å²) in [7, 11) is 0. The molecular weight excluding hydrogens is 377 g/mol. The van der Waals surface area contributed by atoms with Crippen LogP contribution in [0.5, 0.6) is 0 Å². The van der Waals surface area contributed by atoms with Crippen LogP contribution in [0.15, 0.2) is 48.5 Å². The number of halogens is 1. The van der Waals surface area contributed by atoms with E-state index < -0.39 is 17.1 Å². The number of aromatic nitrogens is 4. The monoisotopic (exact) mass is 395 g/mol. The van der Waals surface area contributed by atoms with Gasteiger partial charge in [-0.2, -0.15) is 0 Å². The Morgan fingerprint density at radius 3 is 2.54 bits per heavy atom. The zero-order chi connectivity index (χ0) is 19.9. The Balaban J connectivity index is 1.75. The molecule has 0 saturated heterocycles. The molecule has 0 radical (unpaired) electrons. The van der Waals surface area contributed by atoms with Gasteiger partial charge in [0.2, 0.25) is 0 Å². The van der Waals surface area contributed by atoms with Crippen molar-refractivity contribution >= 4 is 32.6 Å². The second-order valence-electron chi connectivity index (χ2n) is 7.34. The van der Waals surface area contributed by atoms with E-state index in [1.54, 1.807) is 18.2 Å². The highest BCUT2D eigenvalue weighted by Crippen LogP contribution is 2.30. The molecule has 4 rings (SSSR count). The number of nitrogens with zero attached hydrogens (tertiary/aromatic N) is 4. The number of amides is 1. The van der Waals surface area contributed by atoms with Gasteiger partial charge in [-0.25, -0.2) is 14.1 Å². The van der Waals surface area contributed by atoms with Gasteiger partial charge in [-0.15, -0.1) is 5.10 Å². The molecule has 6 nitrogen and oxygen atoms in total. The van der Waals surface area contributed by atoms with Gasteiger partial charge in [0.25, 0.3) is 5.91 Å². The van der Waals surface area contributed by atoms with Gasteiger partial charge in [0.1, 0.15) is 11.5 Å². The number of hydrogen-bond donors (Lipinski definition) is 1. The summed E-state index contributed by atoms with van der Waals surface area (Å²) in [6, 6.07) is 13.9. The van der Waals surface area contributed by atoms with Crippen LogP contribution in [-0.2, 0) is 5.41 Å². The fourth-order valence-electron chi connectivity index (χ4n) is 2.98. The molecule has 2 aromatic carbocycles. The molecule has 8 heteroatoms. The van der Waals surface area contributed by atoms with Crippen LogP contribution in [-0.4, -0.2) is 25.9 Å². The van der Waals surface area contributed by atoms with Gasteiger partial charge in [-0.3, -0.25) is 10.1 Å². The summed E-state index contributed by atoms with van der Waals surface area (Å²) >= 11 is 1.38. The lowest BCUT2D eigenvalue weighted by Crippen LogP contribution is -2.24. The predicted octanol–water partition coefficient (Wildman–Crippen LogP) is 4.57. The summed E-state index contributed by atoms with van der Waals surface area (Å²) in [5, 5.41) is 11.4. The van der Waals surface area contributed by atoms with Crippen molar-refractivity contribution < 1.29 is 9.18 Å². The van der Waals surface area contributed by atoms with Crippen molar-refractivity contribution in [3.63, 3.8) is 0 Å². The first-order valence-corrected chi connectivity index (χ1v) is 9.54. The van der Waals surface area contributed by atoms with Gasteiger partial charge in [0, 0.05) is 5.41 Å². The standard InChI is InChI=1S/C20H18FN5OS/c1-20(2,3)17-16(24-25-26(17)14-10-6-4-8-12(14)21)18(27)23-19-22-13-9-5-7-11-15(13)28-19/h4-11H,1-3H3,(H,22,23,27). The normalized spacial score (nSPS) is 11.7. The quantitative estimate of drug-likeness (QED) is 0.552. The van der Waals surface area contributed by atoms with E-state index in [-0.39, 0.29) is 11.4 Å². The molecule has 28 heavy (non-hydrogen) atoms. The Hall–Kier alpha value is -3.13. The van der Waals surface area contributed by atoms with Crippen LogP contribution in [0.25, 0.3) is 15.9 Å². The van der Waals surface area contributed by atoms with Gasteiger partial charge in [-0.1, -0.05) is 61.6 Å². The molecule has 4 aromatic rings. The van der Waals surface area contributed by atoms with Crippen molar-refractivity contribution in [1.82, 2.24) is 20.0 Å². The van der Waals surface area contributed by atoms with Crippen LogP contribution in [0.4, 0.5) is 9.52 Å². The van der Waals surface area contributed by atoms with Crippen molar-refractivity contribution in [1.29, 1.82) is 0 Å². The molecule has 0 aliphatic rings. The molecule has 2 aromatic heterocycles. The van der Waals surface area contributed by atoms with Crippen LogP contribution in [0, 0.1) is 5.82 Å². The summed E-state index contributed by atoms with van der Waals surface area (Å²) < 4.78 is 16.7. The molecule has 0 saturated carbocycles. The maximum atomic E-state index is 14.3. The maximum absolute atomic E-state index is 14.3. The number of nitrogens with one attached hydrogen (secondary N) is 1. The van der Waals surface area contributed by atoms with Gasteiger partial charge >= 0.3 is 0 Å². The average molecular weight is 395 g/mol. The largest absolute Gasteiger partial charge is 0.296 e. The number of thiazole rings is 1. The Bertz CT molecular complexity index is 1140. The summed E-state index contributed by atoms with van der Waals surface area (Å²) in [5.74, 6) is -0.859. The summed E-state index contributed by atoms with van der Waals surface area (Å²) in [4.78, 5) is 17.4. The molecular formula is C20H18FN5OS. The first-order valence-electron chi connectivity index (χ1n) is 8.72. The van der Waals surface area contributed by atoms with Crippen LogP contribution in [0.1, 0.15) is 37.0 Å².